The first-order valence-electron chi connectivity index (χ1n) is 4.49. The Hall–Kier alpha value is -1.41. The molecule has 0 bridgehead atoms. The van der Waals surface area contributed by atoms with Gasteiger partial charge in [0.2, 0.25) is 10.0 Å². The Morgan fingerprint density at radius 1 is 1.47 bits per heavy atom. The van der Waals surface area contributed by atoms with E-state index in [0.717, 1.165) is 0 Å². The summed E-state index contributed by atoms with van der Waals surface area (Å²) in [6, 6.07) is 2.76. The Morgan fingerprint density at radius 2 is 2.18 bits per heavy atom. The van der Waals surface area contributed by atoms with Crippen LogP contribution in [0.2, 0.25) is 5.15 Å². The normalized spacial score (nSPS) is 10.9. The molecule has 0 atom stereocenters. The molecule has 1 aromatic rings. The van der Waals surface area contributed by atoms with E-state index in [1.54, 1.807) is 0 Å². The minimum atomic E-state index is -3.65. The Kier molecular flexibility index (Phi) is 4.64. The second-order valence-corrected chi connectivity index (χ2v) is 5.22. The number of hydrogen-bond donors (Lipinski definition) is 1. The molecule has 0 radical (unpaired) electrons. The number of carbonyl (C=O) groups excluding carboxylic acids is 1. The van der Waals surface area contributed by atoms with Gasteiger partial charge in [-0.2, -0.15) is 0 Å². The van der Waals surface area contributed by atoms with Gasteiger partial charge in [-0.25, -0.2) is 8.42 Å². The highest BCUT2D eigenvalue weighted by molar-refractivity contribution is 7.92. The van der Waals surface area contributed by atoms with Crippen LogP contribution in [0.5, 0.6) is 0 Å². The van der Waals surface area contributed by atoms with Crippen molar-refractivity contribution in [3.63, 3.8) is 0 Å². The summed E-state index contributed by atoms with van der Waals surface area (Å²) in [5.41, 5.74) is 0. The van der Waals surface area contributed by atoms with Gasteiger partial charge in [-0.15, -0.1) is 10.2 Å². The molecule has 0 unspecified atom stereocenters. The van der Waals surface area contributed by atoms with Crippen LogP contribution in [0.15, 0.2) is 12.1 Å². The molecule has 0 saturated heterocycles. The summed E-state index contributed by atoms with van der Waals surface area (Å²) in [6.07, 6.45) is -0.229. The number of ether oxygens (including phenoxy) is 1. The molecular weight excluding hydrogens is 270 g/mol. The van der Waals surface area contributed by atoms with Crippen LogP contribution in [-0.2, 0) is 19.6 Å². The molecule has 9 heteroatoms. The predicted octanol–water partition coefficient (Wildman–Crippen LogP) is 0.435. The van der Waals surface area contributed by atoms with Crippen molar-refractivity contribution >= 4 is 33.4 Å². The number of methoxy groups -OCH3 is 1. The van der Waals surface area contributed by atoms with Crippen LogP contribution in [0.4, 0.5) is 5.82 Å². The molecule has 0 aromatic carbocycles. The first-order chi connectivity index (χ1) is 7.93. The van der Waals surface area contributed by atoms with Gasteiger partial charge < -0.3 is 4.74 Å². The van der Waals surface area contributed by atoms with E-state index in [9.17, 15) is 13.2 Å². The Balaban J connectivity index is 2.60. The zero-order valence-corrected chi connectivity index (χ0v) is 10.5. The zero-order valence-electron chi connectivity index (χ0n) is 8.88. The SMILES string of the molecule is COC(=O)CCS(=O)(=O)Nc1ccc(Cl)nn1. The maximum atomic E-state index is 11.5. The Morgan fingerprint density at radius 3 is 2.71 bits per heavy atom. The molecule has 7 nitrogen and oxygen atoms in total. The van der Waals surface area contributed by atoms with E-state index in [1.807, 2.05) is 0 Å². The Bertz CT molecular complexity index is 488. The van der Waals surface area contributed by atoms with Crippen molar-refractivity contribution in [3.8, 4) is 0 Å². The maximum absolute atomic E-state index is 11.5. The first kappa shape index (κ1) is 13.7. The lowest BCUT2D eigenvalue weighted by Gasteiger charge is -2.05. The Labute approximate surface area is 103 Å². The van der Waals surface area contributed by atoms with Gasteiger partial charge in [0.05, 0.1) is 19.3 Å². The third-order valence-electron chi connectivity index (χ3n) is 1.69. The van der Waals surface area contributed by atoms with Gasteiger partial charge in [-0.05, 0) is 12.1 Å². The van der Waals surface area contributed by atoms with Crippen molar-refractivity contribution in [2.24, 2.45) is 0 Å². The summed E-state index contributed by atoms with van der Waals surface area (Å²) in [5, 5.41) is 7.15. The molecule has 0 aliphatic carbocycles. The number of carbonyl (C=O) groups is 1. The number of nitrogens with one attached hydrogen (secondary N) is 1. The maximum Gasteiger partial charge on any atom is 0.306 e. The predicted molar refractivity (Wildman–Crippen MR) is 61.1 cm³/mol. The van der Waals surface area contributed by atoms with Crippen molar-refractivity contribution in [3.05, 3.63) is 17.3 Å². The average Bonchev–Trinajstić information content (AvgIpc) is 2.29. The first-order valence-corrected chi connectivity index (χ1v) is 6.52. The topological polar surface area (TPSA) is 98.2 Å². The number of sulfonamides is 1. The molecule has 17 heavy (non-hydrogen) atoms. The number of hydrogen-bond acceptors (Lipinski definition) is 6. The van der Waals surface area contributed by atoms with E-state index in [4.69, 9.17) is 11.6 Å². The fraction of sp³-hybridized carbons (Fsp3) is 0.375. The van der Waals surface area contributed by atoms with Crippen LogP contribution in [-0.4, -0.2) is 37.4 Å². The largest absolute Gasteiger partial charge is 0.469 e. The molecular formula is C8H10ClN3O4S. The van der Waals surface area contributed by atoms with Gasteiger partial charge in [0.1, 0.15) is 0 Å². The average molecular weight is 280 g/mol. The van der Waals surface area contributed by atoms with E-state index in [0.29, 0.717) is 0 Å². The summed E-state index contributed by atoms with van der Waals surface area (Å²) in [7, 11) is -2.46. The van der Waals surface area contributed by atoms with E-state index in [2.05, 4.69) is 19.7 Å². The van der Waals surface area contributed by atoms with Gasteiger partial charge >= 0.3 is 5.97 Å². The molecule has 0 aliphatic rings. The van der Waals surface area contributed by atoms with Crippen LogP contribution in [0.25, 0.3) is 0 Å². The monoisotopic (exact) mass is 279 g/mol. The van der Waals surface area contributed by atoms with Crippen LogP contribution in [0.1, 0.15) is 6.42 Å². The summed E-state index contributed by atoms with van der Waals surface area (Å²) in [5.74, 6) is -0.943. The van der Waals surface area contributed by atoms with Gasteiger partial charge in [0.25, 0.3) is 0 Å². The summed E-state index contributed by atoms with van der Waals surface area (Å²) in [4.78, 5) is 10.8. The highest BCUT2D eigenvalue weighted by Crippen LogP contribution is 2.08. The zero-order chi connectivity index (χ0) is 12.9. The van der Waals surface area contributed by atoms with Gasteiger partial charge in [-0.1, -0.05) is 11.6 Å². The molecule has 0 amide bonds. The number of halogens is 1. The lowest BCUT2D eigenvalue weighted by molar-refractivity contribution is -0.140. The molecule has 1 N–H and O–H groups in total. The third kappa shape index (κ3) is 4.96. The summed E-state index contributed by atoms with van der Waals surface area (Å²) in [6.45, 7) is 0. The number of rotatable bonds is 5. The fourth-order valence-electron chi connectivity index (χ4n) is 0.901. The number of anilines is 1. The second kappa shape index (κ2) is 5.78. The molecule has 1 aromatic heterocycles. The van der Waals surface area contributed by atoms with E-state index >= 15 is 0 Å². The van der Waals surface area contributed by atoms with Gasteiger partial charge in [0.15, 0.2) is 11.0 Å². The quantitative estimate of drug-likeness (QED) is 0.785. The second-order valence-electron chi connectivity index (χ2n) is 2.99. The molecule has 1 heterocycles. The summed E-state index contributed by atoms with van der Waals surface area (Å²) < 4.78 is 29.5. The summed E-state index contributed by atoms with van der Waals surface area (Å²) >= 11 is 5.49. The van der Waals surface area contributed by atoms with Crippen molar-refractivity contribution in [1.29, 1.82) is 0 Å². The van der Waals surface area contributed by atoms with Crippen LogP contribution in [0, 0.1) is 0 Å². The minimum absolute atomic E-state index is 0.0410. The number of nitrogens with zero attached hydrogens (tertiary/aromatic N) is 2. The lowest BCUT2D eigenvalue weighted by Crippen LogP contribution is -2.20. The third-order valence-corrected chi connectivity index (χ3v) is 3.16. The van der Waals surface area contributed by atoms with Gasteiger partial charge in [-0.3, -0.25) is 9.52 Å². The van der Waals surface area contributed by atoms with Crippen molar-refractivity contribution in [1.82, 2.24) is 10.2 Å². The van der Waals surface area contributed by atoms with E-state index < -0.39 is 16.0 Å². The van der Waals surface area contributed by atoms with Crippen molar-refractivity contribution in [2.75, 3.05) is 17.6 Å². The molecule has 0 saturated carbocycles. The fourth-order valence-corrected chi connectivity index (χ4v) is 1.97. The minimum Gasteiger partial charge on any atom is -0.469 e. The smallest absolute Gasteiger partial charge is 0.306 e. The van der Waals surface area contributed by atoms with Crippen LogP contribution in [0.3, 0.4) is 0 Å². The van der Waals surface area contributed by atoms with E-state index in [-0.39, 0.29) is 23.1 Å². The highest BCUT2D eigenvalue weighted by Gasteiger charge is 2.14. The number of esters is 1. The standard InChI is InChI=1S/C8H10ClN3O4S/c1-16-8(13)4-5-17(14,15)12-7-3-2-6(9)10-11-7/h2-3H,4-5H2,1H3,(H,11,12). The van der Waals surface area contributed by atoms with Crippen LogP contribution < -0.4 is 4.72 Å². The number of aromatic nitrogens is 2. The molecule has 94 valence electrons. The van der Waals surface area contributed by atoms with Crippen molar-refractivity contribution in [2.45, 2.75) is 6.42 Å². The molecule has 1 rings (SSSR count). The van der Waals surface area contributed by atoms with E-state index in [1.165, 1.54) is 19.2 Å². The molecule has 0 fully saturated rings. The molecule has 0 aliphatic heterocycles. The molecule has 0 spiro atoms. The highest BCUT2D eigenvalue weighted by atomic mass is 35.5. The van der Waals surface area contributed by atoms with Crippen molar-refractivity contribution < 1.29 is 17.9 Å². The van der Waals surface area contributed by atoms with Gasteiger partial charge in [0, 0.05) is 0 Å². The van der Waals surface area contributed by atoms with Crippen LogP contribution >= 0.6 is 11.6 Å². The lowest BCUT2D eigenvalue weighted by atomic mass is 10.5.